The number of anilines is 2. The van der Waals surface area contributed by atoms with Gasteiger partial charge < -0.3 is 15.0 Å². The van der Waals surface area contributed by atoms with Crippen molar-refractivity contribution in [2.45, 2.75) is 0 Å². The molecule has 8 heteroatoms. The SMILES string of the molecule is N#Cc1ccc(Nc2nc(Oc3ccc(-c4ccncc4)cc3)c3[nH]cnc3n2)cc1. The van der Waals surface area contributed by atoms with Crippen molar-refractivity contribution in [1.29, 1.82) is 5.26 Å². The third-order valence-electron chi connectivity index (χ3n) is 4.61. The average Bonchev–Trinajstić information content (AvgIpc) is 3.30. The lowest BCUT2D eigenvalue weighted by molar-refractivity contribution is 0.468. The van der Waals surface area contributed by atoms with Gasteiger partial charge in [0.15, 0.2) is 5.65 Å². The van der Waals surface area contributed by atoms with Gasteiger partial charge in [0.1, 0.15) is 11.3 Å². The second-order valence-corrected chi connectivity index (χ2v) is 6.63. The molecule has 148 valence electrons. The number of hydrogen-bond acceptors (Lipinski definition) is 7. The van der Waals surface area contributed by atoms with Gasteiger partial charge in [0.2, 0.25) is 5.95 Å². The molecule has 8 nitrogen and oxygen atoms in total. The summed E-state index contributed by atoms with van der Waals surface area (Å²) in [6, 6.07) is 20.7. The molecule has 3 aromatic heterocycles. The first-order valence-electron chi connectivity index (χ1n) is 9.45. The van der Waals surface area contributed by atoms with Gasteiger partial charge in [-0.25, -0.2) is 4.98 Å². The van der Waals surface area contributed by atoms with E-state index in [0.717, 1.165) is 16.8 Å². The van der Waals surface area contributed by atoms with Crippen LogP contribution in [0.25, 0.3) is 22.3 Å². The van der Waals surface area contributed by atoms with Crippen LogP contribution in [0.2, 0.25) is 0 Å². The van der Waals surface area contributed by atoms with Gasteiger partial charge in [0, 0.05) is 18.1 Å². The molecule has 5 rings (SSSR count). The summed E-state index contributed by atoms with van der Waals surface area (Å²) in [6.07, 6.45) is 5.07. The monoisotopic (exact) mass is 405 g/mol. The van der Waals surface area contributed by atoms with Crippen molar-refractivity contribution in [3.05, 3.63) is 84.9 Å². The molecule has 0 bridgehead atoms. The molecule has 0 unspecified atom stereocenters. The van der Waals surface area contributed by atoms with Crippen LogP contribution in [0.15, 0.2) is 79.4 Å². The van der Waals surface area contributed by atoms with Crippen LogP contribution in [0.1, 0.15) is 5.56 Å². The van der Waals surface area contributed by atoms with E-state index in [2.05, 4.69) is 36.3 Å². The first kappa shape index (κ1) is 18.3. The van der Waals surface area contributed by atoms with Gasteiger partial charge in [0.05, 0.1) is 18.0 Å². The van der Waals surface area contributed by atoms with Crippen molar-refractivity contribution in [3.63, 3.8) is 0 Å². The quantitative estimate of drug-likeness (QED) is 0.431. The molecule has 0 fully saturated rings. The van der Waals surface area contributed by atoms with Gasteiger partial charge in [-0.1, -0.05) is 12.1 Å². The molecule has 0 amide bonds. The lowest BCUT2D eigenvalue weighted by atomic mass is 10.1. The van der Waals surface area contributed by atoms with Gasteiger partial charge in [-0.15, -0.1) is 0 Å². The molecule has 2 aromatic carbocycles. The molecule has 31 heavy (non-hydrogen) atoms. The average molecular weight is 405 g/mol. The van der Waals surface area contributed by atoms with Crippen molar-refractivity contribution < 1.29 is 4.74 Å². The Morgan fingerprint density at radius 1 is 0.871 bits per heavy atom. The number of nitriles is 1. The summed E-state index contributed by atoms with van der Waals surface area (Å²) in [5, 5.41) is 12.1. The van der Waals surface area contributed by atoms with E-state index in [1.165, 1.54) is 0 Å². The third-order valence-corrected chi connectivity index (χ3v) is 4.61. The van der Waals surface area contributed by atoms with Gasteiger partial charge in [0.25, 0.3) is 5.88 Å². The molecule has 0 aliphatic heterocycles. The topological polar surface area (TPSA) is 112 Å². The molecule has 0 spiro atoms. The van der Waals surface area contributed by atoms with E-state index >= 15 is 0 Å². The van der Waals surface area contributed by atoms with Gasteiger partial charge >= 0.3 is 0 Å². The highest BCUT2D eigenvalue weighted by Gasteiger charge is 2.13. The number of hydrogen-bond donors (Lipinski definition) is 2. The highest BCUT2D eigenvalue weighted by molar-refractivity contribution is 5.78. The molecular weight excluding hydrogens is 390 g/mol. The summed E-state index contributed by atoms with van der Waals surface area (Å²) in [7, 11) is 0. The van der Waals surface area contributed by atoms with Gasteiger partial charge in [-0.2, -0.15) is 15.2 Å². The van der Waals surface area contributed by atoms with Crippen LogP contribution in [0.5, 0.6) is 11.6 Å². The second-order valence-electron chi connectivity index (χ2n) is 6.63. The van der Waals surface area contributed by atoms with E-state index in [1.807, 2.05) is 36.4 Å². The van der Waals surface area contributed by atoms with Crippen molar-refractivity contribution in [3.8, 4) is 28.8 Å². The summed E-state index contributed by atoms with van der Waals surface area (Å²) in [6.45, 7) is 0. The first-order chi connectivity index (χ1) is 15.3. The fourth-order valence-electron chi connectivity index (χ4n) is 3.06. The Morgan fingerprint density at radius 3 is 2.35 bits per heavy atom. The molecule has 0 aliphatic carbocycles. The van der Waals surface area contributed by atoms with Crippen molar-refractivity contribution in [2.24, 2.45) is 0 Å². The number of benzene rings is 2. The summed E-state index contributed by atoms with van der Waals surface area (Å²) >= 11 is 0. The second kappa shape index (κ2) is 7.93. The minimum atomic E-state index is 0.340. The molecule has 2 N–H and O–H groups in total. The summed E-state index contributed by atoms with van der Waals surface area (Å²) < 4.78 is 6.04. The Kier molecular flexibility index (Phi) is 4.67. The Morgan fingerprint density at radius 2 is 1.61 bits per heavy atom. The normalized spacial score (nSPS) is 10.5. The van der Waals surface area contributed by atoms with E-state index in [1.54, 1.807) is 43.0 Å². The number of nitrogens with one attached hydrogen (secondary N) is 2. The van der Waals surface area contributed by atoms with Gasteiger partial charge in [-0.3, -0.25) is 4.98 Å². The van der Waals surface area contributed by atoms with Crippen molar-refractivity contribution in [1.82, 2.24) is 24.9 Å². The minimum Gasteiger partial charge on any atom is -0.437 e. The highest BCUT2D eigenvalue weighted by atomic mass is 16.5. The summed E-state index contributed by atoms with van der Waals surface area (Å²) in [4.78, 5) is 20.2. The fraction of sp³-hybridized carbons (Fsp3) is 0. The highest BCUT2D eigenvalue weighted by Crippen LogP contribution is 2.29. The molecule has 0 aliphatic rings. The maximum absolute atomic E-state index is 8.95. The van der Waals surface area contributed by atoms with Crippen LogP contribution in [0, 0.1) is 11.3 Å². The van der Waals surface area contributed by atoms with Gasteiger partial charge in [-0.05, 0) is 59.7 Å². The maximum Gasteiger partial charge on any atom is 0.250 e. The predicted octanol–water partition coefficient (Wildman–Crippen LogP) is 4.82. The zero-order chi connectivity index (χ0) is 21.0. The Labute approximate surface area is 177 Å². The van der Waals surface area contributed by atoms with Crippen LogP contribution in [0.3, 0.4) is 0 Å². The van der Waals surface area contributed by atoms with E-state index in [9.17, 15) is 0 Å². The van der Waals surface area contributed by atoms with Crippen LogP contribution in [0.4, 0.5) is 11.6 Å². The first-order valence-corrected chi connectivity index (χ1v) is 9.45. The number of aromatic amines is 1. The summed E-state index contributed by atoms with van der Waals surface area (Å²) in [5.74, 6) is 1.33. The number of pyridine rings is 1. The molecule has 3 heterocycles. The fourth-order valence-corrected chi connectivity index (χ4v) is 3.06. The predicted molar refractivity (Wildman–Crippen MR) is 116 cm³/mol. The van der Waals surface area contributed by atoms with Crippen LogP contribution in [-0.2, 0) is 0 Å². The van der Waals surface area contributed by atoms with E-state index in [4.69, 9.17) is 10.00 Å². The Balaban J connectivity index is 1.42. The Bertz CT molecular complexity index is 1370. The lowest BCUT2D eigenvalue weighted by Gasteiger charge is -2.09. The molecule has 0 saturated carbocycles. The lowest BCUT2D eigenvalue weighted by Crippen LogP contribution is -2.00. The molecule has 0 saturated heterocycles. The standard InChI is InChI=1S/C23H15N7O/c24-13-15-1-5-18(6-2-15)28-23-29-21-20(26-14-27-21)22(30-23)31-19-7-3-16(4-8-19)17-9-11-25-12-10-17/h1-12,14H,(H2,26,27,28,29,30). The smallest absolute Gasteiger partial charge is 0.250 e. The molecule has 5 aromatic rings. The summed E-state index contributed by atoms with van der Waals surface area (Å²) in [5.41, 5.74) is 4.55. The van der Waals surface area contributed by atoms with E-state index in [-0.39, 0.29) is 0 Å². The number of aromatic nitrogens is 5. The van der Waals surface area contributed by atoms with Crippen LogP contribution >= 0.6 is 0 Å². The zero-order valence-electron chi connectivity index (χ0n) is 16.1. The van der Waals surface area contributed by atoms with Crippen LogP contribution in [-0.4, -0.2) is 24.9 Å². The van der Waals surface area contributed by atoms with E-state index in [0.29, 0.717) is 34.3 Å². The number of H-pyrrole nitrogens is 1. The zero-order valence-corrected chi connectivity index (χ0v) is 16.1. The Hall–Kier alpha value is -4.77. The van der Waals surface area contributed by atoms with Crippen molar-refractivity contribution in [2.75, 3.05) is 5.32 Å². The number of fused-ring (bicyclic) bond motifs is 1. The van der Waals surface area contributed by atoms with E-state index < -0.39 is 0 Å². The maximum atomic E-state index is 8.95. The molecular formula is C23H15N7O. The minimum absolute atomic E-state index is 0.340. The molecule has 0 radical (unpaired) electrons. The third kappa shape index (κ3) is 3.88. The largest absolute Gasteiger partial charge is 0.437 e. The number of ether oxygens (including phenoxy) is 1. The van der Waals surface area contributed by atoms with Crippen LogP contribution < -0.4 is 10.1 Å². The number of rotatable bonds is 5. The van der Waals surface area contributed by atoms with Crippen molar-refractivity contribution >= 4 is 22.8 Å². The number of imidazole rings is 1. The number of nitrogens with zero attached hydrogens (tertiary/aromatic N) is 5. The molecule has 0 atom stereocenters.